The summed E-state index contributed by atoms with van der Waals surface area (Å²) in [6.07, 6.45) is 1.29. The molecule has 0 spiro atoms. The van der Waals surface area contributed by atoms with Crippen LogP contribution in [0.1, 0.15) is 33.7 Å². The lowest BCUT2D eigenvalue weighted by molar-refractivity contribution is -0.258. The normalized spacial score (nSPS) is 20.2. The van der Waals surface area contributed by atoms with Crippen LogP contribution in [-0.4, -0.2) is 90.2 Å². The van der Waals surface area contributed by atoms with E-state index in [2.05, 4.69) is 20.3 Å². The molecule has 6 rings (SSSR count). The number of pyridine rings is 2. The standard InChI is InChI=1S/C14H19N3O4.C14H17N3O4/c2*1-14(2)20-7-9(8-21-14)17-12(18)6-15-10-4-5-11(19-3)16-13(10)17/h4-5,9,15H,6-8H2,1-3H3;4-6,9H,7-8H2,1-3H3. The summed E-state index contributed by atoms with van der Waals surface area (Å²) >= 11 is 0. The first kappa shape index (κ1) is 29.6. The second kappa shape index (κ2) is 11.8. The third-order valence-electron chi connectivity index (χ3n) is 7.03. The molecule has 0 saturated carbocycles. The average molecular weight is 585 g/mol. The lowest BCUT2D eigenvalue weighted by atomic mass is 10.1. The molecule has 3 aromatic rings. The lowest BCUT2D eigenvalue weighted by Crippen LogP contribution is -2.55. The molecule has 2 fully saturated rings. The molecule has 0 atom stereocenters. The fraction of sp³-hybridized carbons (Fsp3) is 0.536. The number of rotatable bonds is 4. The number of ether oxygens (including phenoxy) is 6. The van der Waals surface area contributed by atoms with Crippen molar-refractivity contribution in [3.05, 3.63) is 40.8 Å². The molecular weight excluding hydrogens is 548 g/mol. The largest absolute Gasteiger partial charge is 0.481 e. The van der Waals surface area contributed by atoms with Gasteiger partial charge in [0, 0.05) is 12.1 Å². The van der Waals surface area contributed by atoms with E-state index in [1.54, 1.807) is 34.8 Å². The molecule has 0 aliphatic carbocycles. The molecule has 14 nitrogen and oxygen atoms in total. The van der Waals surface area contributed by atoms with Gasteiger partial charge in [0.05, 0.1) is 71.2 Å². The maximum Gasteiger partial charge on any atom is 0.271 e. The zero-order valence-electron chi connectivity index (χ0n) is 24.6. The van der Waals surface area contributed by atoms with Gasteiger partial charge in [0.1, 0.15) is 5.52 Å². The van der Waals surface area contributed by atoms with Gasteiger partial charge in [-0.1, -0.05) is 0 Å². The number of amides is 1. The first-order valence-corrected chi connectivity index (χ1v) is 13.6. The van der Waals surface area contributed by atoms with Gasteiger partial charge in [-0.15, -0.1) is 0 Å². The highest BCUT2D eigenvalue weighted by molar-refractivity contribution is 6.02. The number of carbonyl (C=O) groups excluding carboxylic acids is 1. The summed E-state index contributed by atoms with van der Waals surface area (Å²) < 4.78 is 34.4. The van der Waals surface area contributed by atoms with Crippen molar-refractivity contribution in [3.8, 4) is 11.8 Å². The summed E-state index contributed by atoms with van der Waals surface area (Å²) in [5.74, 6) is 0.157. The Hall–Kier alpha value is -3.85. The van der Waals surface area contributed by atoms with E-state index in [0.29, 0.717) is 55.2 Å². The van der Waals surface area contributed by atoms with Gasteiger partial charge in [-0.3, -0.25) is 19.1 Å². The fourth-order valence-electron chi connectivity index (χ4n) is 4.74. The highest BCUT2D eigenvalue weighted by Crippen LogP contribution is 2.33. The molecule has 3 aliphatic rings. The van der Waals surface area contributed by atoms with Gasteiger partial charge >= 0.3 is 0 Å². The Kier molecular flexibility index (Phi) is 8.32. The highest BCUT2D eigenvalue weighted by Gasteiger charge is 2.38. The first-order valence-electron chi connectivity index (χ1n) is 13.6. The highest BCUT2D eigenvalue weighted by atomic mass is 16.7. The minimum absolute atomic E-state index is 0.0554. The van der Waals surface area contributed by atoms with Crippen LogP contribution in [0.5, 0.6) is 11.8 Å². The van der Waals surface area contributed by atoms with Crippen molar-refractivity contribution < 1.29 is 33.2 Å². The van der Waals surface area contributed by atoms with E-state index >= 15 is 0 Å². The Bertz CT molecular complexity index is 1490. The van der Waals surface area contributed by atoms with Crippen LogP contribution in [0.15, 0.2) is 35.3 Å². The van der Waals surface area contributed by atoms with Crippen molar-refractivity contribution in [2.24, 2.45) is 0 Å². The minimum Gasteiger partial charge on any atom is -0.481 e. The van der Waals surface area contributed by atoms with Gasteiger partial charge in [0.2, 0.25) is 17.7 Å². The molecular formula is C28H36N6O8. The molecule has 226 valence electrons. The number of anilines is 2. The second-order valence-corrected chi connectivity index (χ2v) is 10.9. The van der Waals surface area contributed by atoms with Gasteiger partial charge in [0.25, 0.3) is 5.56 Å². The van der Waals surface area contributed by atoms with Crippen LogP contribution >= 0.6 is 0 Å². The Balaban J connectivity index is 0.000000168. The molecule has 0 aromatic carbocycles. The van der Waals surface area contributed by atoms with E-state index in [1.807, 2.05) is 33.8 Å². The van der Waals surface area contributed by atoms with Crippen LogP contribution in [0.25, 0.3) is 11.2 Å². The maximum atomic E-state index is 12.3. The van der Waals surface area contributed by atoms with Crippen LogP contribution in [0, 0.1) is 0 Å². The minimum atomic E-state index is -0.631. The van der Waals surface area contributed by atoms with Crippen molar-refractivity contribution in [1.82, 2.24) is 19.5 Å². The predicted molar refractivity (Wildman–Crippen MR) is 152 cm³/mol. The molecule has 6 heterocycles. The average Bonchev–Trinajstić information content (AvgIpc) is 2.97. The van der Waals surface area contributed by atoms with Crippen molar-refractivity contribution in [1.29, 1.82) is 0 Å². The number of fused-ring (bicyclic) bond motifs is 2. The molecule has 2 saturated heterocycles. The zero-order valence-corrected chi connectivity index (χ0v) is 24.6. The van der Waals surface area contributed by atoms with Crippen LogP contribution in [0.4, 0.5) is 11.5 Å². The van der Waals surface area contributed by atoms with Crippen molar-refractivity contribution in [2.75, 3.05) is 57.4 Å². The molecule has 0 bridgehead atoms. The van der Waals surface area contributed by atoms with Crippen LogP contribution in [-0.2, 0) is 23.7 Å². The predicted octanol–water partition coefficient (Wildman–Crippen LogP) is 2.12. The molecule has 42 heavy (non-hydrogen) atoms. The van der Waals surface area contributed by atoms with E-state index in [0.717, 1.165) is 5.69 Å². The Morgan fingerprint density at radius 1 is 0.833 bits per heavy atom. The SMILES string of the molecule is COc1ccc2c(n1)N(C1COC(C)(C)OC1)C(=O)CN2.COc1ccc2ncc(=O)n(C3COC(C)(C)OC3)c2n1. The van der Waals surface area contributed by atoms with Gasteiger partial charge < -0.3 is 33.7 Å². The van der Waals surface area contributed by atoms with Gasteiger partial charge in [-0.2, -0.15) is 9.97 Å². The zero-order chi connectivity index (χ0) is 30.1. The van der Waals surface area contributed by atoms with Gasteiger partial charge in [-0.05, 0) is 39.8 Å². The van der Waals surface area contributed by atoms with E-state index in [1.165, 1.54) is 13.3 Å². The lowest BCUT2D eigenvalue weighted by Gasteiger charge is -2.41. The van der Waals surface area contributed by atoms with E-state index < -0.39 is 11.6 Å². The third-order valence-corrected chi connectivity index (χ3v) is 7.03. The van der Waals surface area contributed by atoms with E-state index in [4.69, 9.17) is 28.4 Å². The van der Waals surface area contributed by atoms with Crippen molar-refractivity contribution in [2.45, 2.75) is 51.4 Å². The Morgan fingerprint density at radius 3 is 2.02 bits per heavy atom. The molecule has 3 aromatic heterocycles. The monoisotopic (exact) mass is 584 g/mol. The first-order chi connectivity index (χ1) is 20.0. The topological polar surface area (TPSA) is 148 Å². The molecule has 1 amide bonds. The van der Waals surface area contributed by atoms with Crippen LogP contribution < -0.4 is 25.2 Å². The van der Waals surface area contributed by atoms with Crippen molar-refractivity contribution >= 4 is 28.6 Å². The second-order valence-electron chi connectivity index (χ2n) is 10.9. The number of methoxy groups -OCH3 is 2. The number of carbonyl (C=O) groups is 1. The van der Waals surface area contributed by atoms with E-state index in [-0.39, 0.29) is 30.1 Å². The molecule has 0 unspecified atom stereocenters. The fourth-order valence-corrected chi connectivity index (χ4v) is 4.74. The Morgan fingerprint density at radius 2 is 1.40 bits per heavy atom. The molecule has 3 aliphatic heterocycles. The number of nitrogens with one attached hydrogen (secondary N) is 1. The number of aromatic nitrogens is 4. The number of nitrogens with zero attached hydrogens (tertiary/aromatic N) is 5. The number of hydrogen-bond donors (Lipinski definition) is 1. The quantitative estimate of drug-likeness (QED) is 0.479. The van der Waals surface area contributed by atoms with Gasteiger partial charge in [-0.25, -0.2) is 4.98 Å². The number of hydrogen-bond acceptors (Lipinski definition) is 12. The summed E-state index contributed by atoms with van der Waals surface area (Å²) in [7, 11) is 3.08. The Labute approximate surface area is 242 Å². The van der Waals surface area contributed by atoms with E-state index in [9.17, 15) is 9.59 Å². The summed E-state index contributed by atoms with van der Waals surface area (Å²) in [5, 5.41) is 3.06. The summed E-state index contributed by atoms with van der Waals surface area (Å²) in [4.78, 5) is 39.0. The summed E-state index contributed by atoms with van der Waals surface area (Å²) in [5.41, 5.74) is 1.67. The summed E-state index contributed by atoms with van der Waals surface area (Å²) in [6, 6.07) is 6.67. The molecule has 14 heteroatoms. The molecule has 0 radical (unpaired) electrons. The third kappa shape index (κ3) is 6.31. The smallest absolute Gasteiger partial charge is 0.271 e. The van der Waals surface area contributed by atoms with Gasteiger partial charge in [0.15, 0.2) is 23.0 Å². The van der Waals surface area contributed by atoms with Crippen LogP contribution in [0.2, 0.25) is 0 Å². The van der Waals surface area contributed by atoms with Crippen molar-refractivity contribution in [3.63, 3.8) is 0 Å². The molecule has 1 N–H and O–H groups in total. The maximum absolute atomic E-state index is 12.3. The van der Waals surface area contributed by atoms with Crippen LogP contribution in [0.3, 0.4) is 0 Å². The summed E-state index contributed by atoms with van der Waals surface area (Å²) in [6.45, 7) is 9.23.